The van der Waals surface area contributed by atoms with Gasteiger partial charge >= 0.3 is 5.69 Å². The molecule has 1 fully saturated rings. The SMILES string of the molecule is O=c1[nH]nc2c3cc4ccccc4cc3c(C3CCNCC3)cn12. The second kappa shape index (κ2) is 5.18. The Hall–Kier alpha value is -2.66. The predicted molar refractivity (Wildman–Crippen MR) is 95.7 cm³/mol. The van der Waals surface area contributed by atoms with E-state index in [1.165, 1.54) is 21.7 Å². The molecule has 2 N–H and O–H groups in total. The normalized spacial score (nSPS) is 16.3. The summed E-state index contributed by atoms with van der Waals surface area (Å²) >= 11 is 0. The molecule has 0 bridgehead atoms. The van der Waals surface area contributed by atoms with Gasteiger partial charge in [-0.2, -0.15) is 5.10 Å². The van der Waals surface area contributed by atoms with Gasteiger partial charge in [0.15, 0.2) is 5.65 Å². The Kier molecular flexibility index (Phi) is 2.97. The van der Waals surface area contributed by atoms with E-state index in [4.69, 9.17) is 0 Å². The topological polar surface area (TPSA) is 62.2 Å². The summed E-state index contributed by atoms with van der Waals surface area (Å²) < 4.78 is 1.66. The molecular formula is C19H18N4O. The summed E-state index contributed by atoms with van der Waals surface area (Å²) in [5, 5.41) is 14.9. The van der Waals surface area contributed by atoms with Crippen LogP contribution in [0.4, 0.5) is 0 Å². The van der Waals surface area contributed by atoms with Crippen LogP contribution in [0.3, 0.4) is 0 Å². The Balaban J connectivity index is 1.92. The maximum atomic E-state index is 12.2. The summed E-state index contributed by atoms with van der Waals surface area (Å²) in [5.41, 5.74) is 1.79. The number of hydrogen-bond donors (Lipinski definition) is 2. The smallest absolute Gasteiger partial charge is 0.317 e. The highest BCUT2D eigenvalue weighted by Crippen LogP contribution is 2.34. The summed E-state index contributed by atoms with van der Waals surface area (Å²) in [4.78, 5) is 12.2. The Morgan fingerprint density at radius 3 is 2.50 bits per heavy atom. The molecule has 0 atom stereocenters. The van der Waals surface area contributed by atoms with E-state index >= 15 is 0 Å². The van der Waals surface area contributed by atoms with Crippen molar-refractivity contribution >= 4 is 27.2 Å². The van der Waals surface area contributed by atoms with Gasteiger partial charge in [-0.25, -0.2) is 14.3 Å². The van der Waals surface area contributed by atoms with Crippen molar-refractivity contribution in [2.45, 2.75) is 18.8 Å². The fraction of sp³-hybridized carbons (Fsp3) is 0.263. The van der Waals surface area contributed by atoms with Crippen LogP contribution in [0.25, 0.3) is 27.2 Å². The van der Waals surface area contributed by atoms with Crippen molar-refractivity contribution < 1.29 is 0 Å². The van der Waals surface area contributed by atoms with Crippen LogP contribution >= 0.6 is 0 Å². The van der Waals surface area contributed by atoms with Crippen LogP contribution in [0.5, 0.6) is 0 Å². The molecule has 5 nitrogen and oxygen atoms in total. The van der Waals surface area contributed by atoms with Crippen LogP contribution in [0.2, 0.25) is 0 Å². The van der Waals surface area contributed by atoms with Crippen molar-refractivity contribution in [3.05, 3.63) is 58.6 Å². The van der Waals surface area contributed by atoms with E-state index in [2.05, 4.69) is 45.8 Å². The maximum absolute atomic E-state index is 12.2. The highest BCUT2D eigenvalue weighted by atomic mass is 16.1. The first kappa shape index (κ1) is 13.7. The van der Waals surface area contributed by atoms with E-state index in [0.29, 0.717) is 11.6 Å². The van der Waals surface area contributed by atoms with Crippen LogP contribution < -0.4 is 11.0 Å². The predicted octanol–water partition coefficient (Wildman–Crippen LogP) is 2.80. The van der Waals surface area contributed by atoms with Crippen molar-refractivity contribution in [1.82, 2.24) is 19.9 Å². The van der Waals surface area contributed by atoms with Crippen LogP contribution in [0.15, 0.2) is 47.4 Å². The first-order valence-electron chi connectivity index (χ1n) is 8.44. The summed E-state index contributed by atoms with van der Waals surface area (Å²) in [7, 11) is 0. The van der Waals surface area contributed by atoms with Crippen LogP contribution in [-0.2, 0) is 0 Å². The molecule has 0 amide bonds. The number of aromatic nitrogens is 3. The Labute approximate surface area is 138 Å². The molecule has 1 saturated heterocycles. The number of hydrogen-bond acceptors (Lipinski definition) is 3. The molecule has 24 heavy (non-hydrogen) atoms. The van der Waals surface area contributed by atoms with E-state index in [0.717, 1.165) is 31.3 Å². The lowest BCUT2D eigenvalue weighted by atomic mass is 9.87. The molecule has 0 unspecified atom stereocenters. The number of piperidine rings is 1. The van der Waals surface area contributed by atoms with Gasteiger partial charge in [-0.05, 0) is 65.7 Å². The van der Waals surface area contributed by atoms with Gasteiger partial charge in [0.1, 0.15) is 0 Å². The summed E-state index contributed by atoms with van der Waals surface area (Å²) in [6.07, 6.45) is 4.19. The van der Waals surface area contributed by atoms with Crippen LogP contribution in [0, 0.1) is 0 Å². The molecule has 2 aromatic heterocycles. The molecule has 0 spiro atoms. The largest absolute Gasteiger partial charge is 0.347 e. The fourth-order valence-electron chi connectivity index (χ4n) is 3.95. The average Bonchev–Trinajstić information content (AvgIpc) is 3.01. The van der Waals surface area contributed by atoms with Crippen molar-refractivity contribution in [3.8, 4) is 0 Å². The number of fused-ring (bicyclic) bond motifs is 4. The minimum Gasteiger partial charge on any atom is -0.317 e. The Morgan fingerprint density at radius 2 is 1.75 bits per heavy atom. The van der Waals surface area contributed by atoms with Gasteiger partial charge in [0, 0.05) is 11.6 Å². The third-order valence-corrected chi connectivity index (χ3v) is 5.19. The van der Waals surface area contributed by atoms with Crippen molar-refractivity contribution in [2.24, 2.45) is 0 Å². The monoisotopic (exact) mass is 318 g/mol. The first-order valence-corrected chi connectivity index (χ1v) is 8.44. The molecular weight excluding hydrogens is 300 g/mol. The molecule has 1 aliphatic rings. The summed E-state index contributed by atoms with van der Waals surface area (Å²) in [6.45, 7) is 2.05. The van der Waals surface area contributed by atoms with E-state index in [1.807, 2.05) is 12.3 Å². The number of nitrogens with zero attached hydrogens (tertiary/aromatic N) is 2. The minimum atomic E-state index is -0.171. The second-order valence-corrected chi connectivity index (χ2v) is 6.58. The number of pyridine rings is 1. The molecule has 120 valence electrons. The molecule has 4 aromatic rings. The summed E-state index contributed by atoms with van der Waals surface area (Å²) in [6, 6.07) is 12.8. The zero-order valence-corrected chi connectivity index (χ0v) is 13.2. The second-order valence-electron chi connectivity index (χ2n) is 6.58. The Bertz CT molecular complexity index is 1120. The lowest BCUT2D eigenvalue weighted by Gasteiger charge is -2.24. The third kappa shape index (κ3) is 1.98. The quantitative estimate of drug-likeness (QED) is 0.531. The number of benzene rings is 2. The van der Waals surface area contributed by atoms with E-state index in [-0.39, 0.29) is 5.69 Å². The zero-order valence-electron chi connectivity index (χ0n) is 13.2. The third-order valence-electron chi connectivity index (χ3n) is 5.19. The van der Waals surface area contributed by atoms with Gasteiger partial charge < -0.3 is 5.32 Å². The molecule has 0 radical (unpaired) electrons. The molecule has 3 heterocycles. The first-order chi connectivity index (χ1) is 11.8. The lowest BCUT2D eigenvalue weighted by Crippen LogP contribution is -2.27. The Morgan fingerprint density at radius 1 is 1.04 bits per heavy atom. The fourth-order valence-corrected chi connectivity index (χ4v) is 3.95. The molecule has 5 heteroatoms. The number of rotatable bonds is 1. The van der Waals surface area contributed by atoms with Crippen LogP contribution in [0.1, 0.15) is 24.3 Å². The van der Waals surface area contributed by atoms with Gasteiger partial charge in [-0.3, -0.25) is 0 Å². The highest BCUT2D eigenvalue weighted by molar-refractivity contribution is 6.05. The van der Waals surface area contributed by atoms with Crippen molar-refractivity contribution in [1.29, 1.82) is 0 Å². The number of nitrogens with one attached hydrogen (secondary N) is 2. The zero-order chi connectivity index (χ0) is 16.1. The van der Waals surface area contributed by atoms with E-state index < -0.39 is 0 Å². The van der Waals surface area contributed by atoms with Gasteiger partial charge in [0.05, 0.1) is 0 Å². The lowest BCUT2D eigenvalue weighted by molar-refractivity contribution is 0.461. The number of H-pyrrole nitrogens is 1. The summed E-state index contributed by atoms with van der Waals surface area (Å²) in [5.74, 6) is 0.473. The maximum Gasteiger partial charge on any atom is 0.347 e. The molecule has 1 aliphatic heterocycles. The van der Waals surface area contributed by atoms with Crippen LogP contribution in [-0.4, -0.2) is 27.7 Å². The van der Waals surface area contributed by atoms with Gasteiger partial charge in [-0.15, -0.1) is 0 Å². The van der Waals surface area contributed by atoms with Gasteiger partial charge in [0.25, 0.3) is 0 Å². The standard InChI is InChI=1S/C19H18N4O/c24-19-22-21-18-16-10-14-4-2-1-3-13(14)9-15(16)17(11-23(18)19)12-5-7-20-8-6-12/h1-4,9-12,20H,5-8H2,(H,22,24). The van der Waals surface area contributed by atoms with E-state index in [1.54, 1.807) is 4.40 Å². The van der Waals surface area contributed by atoms with Crippen molar-refractivity contribution in [2.75, 3.05) is 13.1 Å². The molecule has 2 aromatic carbocycles. The van der Waals surface area contributed by atoms with Crippen molar-refractivity contribution in [3.63, 3.8) is 0 Å². The molecule has 0 saturated carbocycles. The highest BCUT2D eigenvalue weighted by Gasteiger charge is 2.20. The number of aromatic amines is 1. The van der Waals surface area contributed by atoms with E-state index in [9.17, 15) is 4.79 Å². The van der Waals surface area contributed by atoms with Gasteiger partial charge in [-0.1, -0.05) is 24.3 Å². The van der Waals surface area contributed by atoms with Gasteiger partial charge in [0.2, 0.25) is 0 Å². The minimum absolute atomic E-state index is 0.171. The molecule has 5 rings (SSSR count). The average molecular weight is 318 g/mol. The molecule has 0 aliphatic carbocycles.